The molecule has 0 amide bonds. The molecule has 122 valence electrons. The first-order valence-corrected chi connectivity index (χ1v) is 9.21. The van der Waals surface area contributed by atoms with Gasteiger partial charge >= 0.3 is 0 Å². The highest BCUT2D eigenvalue weighted by Gasteiger charge is 2.48. The number of nitrogens with two attached hydrogens (primary N) is 1. The fraction of sp³-hybridized carbons (Fsp3) is 1.00. The van der Waals surface area contributed by atoms with E-state index in [9.17, 15) is 0 Å². The van der Waals surface area contributed by atoms with E-state index in [0.717, 1.165) is 19.7 Å². The minimum Gasteiger partial charge on any atom is -0.376 e. The molecule has 3 nitrogen and oxygen atoms in total. The Labute approximate surface area is 130 Å². The van der Waals surface area contributed by atoms with Crippen molar-refractivity contribution in [1.82, 2.24) is 4.90 Å². The number of hydrogen-bond acceptors (Lipinski definition) is 3. The Morgan fingerprint density at radius 2 is 1.76 bits per heavy atom. The molecule has 1 spiro atoms. The summed E-state index contributed by atoms with van der Waals surface area (Å²) in [6, 6.07) is 0.572. The number of morpholine rings is 1. The molecule has 0 aromatic rings. The molecule has 0 bridgehead atoms. The van der Waals surface area contributed by atoms with Gasteiger partial charge in [-0.15, -0.1) is 0 Å². The van der Waals surface area contributed by atoms with Gasteiger partial charge in [-0.3, -0.25) is 4.90 Å². The van der Waals surface area contributed by atoms with Gasteiger partial charge in [0.1, 0.15) is 0 Å². The topological polar surface area (TPSA) is 38.5 Å². The SMILES string of the molecule is CCC1COC(C)CN1C1(CN)CCC2(CCCC2)CC1. The van der Waals surface area contributed by atoms with E-state index in [4.69, 9.17) is 10.5 Å². The van der Waals surface area contributed by atoms with Crippen LogP contribution >= 0.6 is 0 Å². The minimum absolute atomic E-state index is 0.257. The Morgan fingerprint density at radius 3 is 2.33 bits per heavy atom. The molecule has 1 heterocycles. The summed E-state index contributed by atoms with van der Waals surface area (Å²) < 4.78 is 5.90. The summed E-state index contributed by atoms with van der Waals surface area (Å²) in [5, 5.41) is 0. The Bertz CT molecular complexity index is 341. The van der Waals surface area contributed by atoms with Gasteiger partial charge in [-0.2, -0.15) is 0 Å². The maximum atomic E-state index is 6.34. The summed E-state index contributed by atoms with van der Waals surface area (Å²) in [7, 11) is 0. The van der Waals surface area contributed by atoms with Crippen molar-refractivity contribution in [2.45, 2.75) is 89.3 Å². The smallest absolute Gasteiger partial charge is 0.0675 e. The van der Waals surface area contributed by atoms with Crippen molar-refractivity contribution in [2.24, 2.45) is 11.1 Å². The van der Waals surface area contributed by atoms with E-state index in [-0.39, 0.29) is 5.54 Å². The van der Waals surface area contributed by atoms with Gasteiger partial charge in [0.2, 0.25) is 0 Å². The third-order valence-corrected chi connectivity index (χ3v) is 6.83. The summed E-state index contributed by atoms with van der Waals surface area (Å²) in [6.45, 7) is 7.30. The molecule has 1 saturated heterocycles. The van der Waals surface area contributed by atoms with E-state index in [1.807, 2.05) is 0 Å². The van der Waals surface area contributed by atoms with Crippen molar-refractivity contribution in [1.29, 1.82) is 0 Å². The van der Waals surface area contributed by atoms with Crippen LogP contribution in [0.2, 0.25) is 0 Å². The Balaban J connectivity index is 1.74. The zero-order chi connectivity index (χ0) is 14.9. The average molecular weight is 294 g/mol. The van der Waals surface area contributed by atoms with Crippen molar-refractivity contribution in [3.05, 3.63) is 0 Å². The summed E-state index contributed by atoms with van der Waals surface area (Å²) in [5.74, 6) is 0. The van der Waals surface area contributed by atoms with Crippen molar-refractivity contribution >= 4 is 0 Å². The lowest BCUT2D eigenvalue weighted by Gasteiger charge is -2.55. The van der Waals surface area contributed by atoms with E-state index in [2.05, 4.69) is 18.7 Å². The van der Waals surface area contributed by atoms with E-state index >= 15 is 0 Å². The van der Waals surface area contributed by atoms with Crippen LogP contribution < -0.4 is 5.73 Å². The van der Waals surface area contributed by atoms with Crippen molar-refractivity contribution < 1.29 is 4.74 Å². The van der Waals surface area contributed by atoms with Gasteiger partial charge in [0.15, 0.2) is 0 Å². The lowest BCUT2D eigenvalue weighted by Crippen LogP contribution is -2.64. The fourth-order valence-electron chi connectivity index (χ4n) is 5.24. The number of hydrogen-bond donors (Lipinski definition) is 1. The summed E-state index contributed by atoms with van der Waals surface area (Å²) in [5.41, 5.74) is 7.29. The predicted molar refractivity (Wildman–Crippen MR) is 87.4 cm³/mol. The number of ether oxygens (including phenoxy) is 1. The maximum absolute atomic E-state index is 6.34. The van der Waals surface area contributed by atoms with Gasteiger partial charge in [0.25, 0.3) is 0 Å². The molecule has 2 unspecified atom stereocenters. The molecule has 2 atom stereocenters. The second-order valence-electron chi connectivity index (χ2n) is 7.99. The molecule has 2 aliphatic carbocycles. The molecular weight excluding hydrogens is 260 g/mol. The van der Waals surface area contributed by atoms with Crippen LogP contribution in [0.3, 0.4) is 0 Å². The Hall–Kier alpha value is -0.120. The Kier molecular flexibility index (Phi) is 4.63. The highest BCUT2D eigenvalue weighted by atomic mass is 16.5. The molecule has 3 aliphatic rings. The van der Waals surface area contributed by atoms with Gasteiger partial charge in [0.05, 0.1) is 12.7 Å². The lowest BCUT2D eigenvalue weighted by atomic mass is 9.65. The van der Waals surface area contributed by atoms with Crippen molar-refractivity contribution in [3.8, 4) is 0 Å². The zero-order valence-corrected chi connectivity index (χ0v) is 14.1. The molecule has 3 fully saturated rings. The normalized spacial score (nSPS) is 36.1. The fourth-order valence-corrected chi connectivity index (χ4v) is 5.24. The van der Waals surface area contributed by atoms with E-state index in [1.165, 1.54) is 57.8 Å². The molecule has 0 radical (unpaired) electrons. The van der Waals surface area contributed by atoms with Crippen LogP contribution in [-0.4, -0.2) is 42.3 Å². The molecule has 0 aromatic carbocycles. The van der Waals surface area contributed by atoms with Gasteiger partial charge in [-0.05, 0) is 57.3 Å². The van der Waals surface area contributed by atoms with Crippen LogP contribution in [0.15, 0.2) is 0 Å². The first kappa shape index (κ1) is 15.8. The van der Waals surface area contributed by atoms with Gasteiger partial charge in [-0.1, -0.05) is 19.8 Å². The third kappa shape index (κ3) is 2.89. The first-order valence-electron chi connectivity index (χ1n) is 9.21. The second kappa shape index (κ2) is 6.17. The maximum Gasteiger partial charge on any atom is 0.0675 e. The quantitative estimate of drug-likeness (QED) is 0.868. The molecule has 2 saturated carbocycles. The first-order chi connectivity index (χ1) is 10.1. The van der Waals surface area contributed by atoms with Crippen LogP contribution in [0, 0.1) is 5.41 Å². The molecule has 1 aliphatic heterocycles. The second-order valence-corrected chi connectivity index (χ2v) is 7.99. The molecule has 2 N–H and O–H groups in total. The number of nitrogens with zero attached hydrogens (tertiary/aromatic N) is 1. The predicted octanol–water partition coefficient (Wildman–Crippen LogP) is 3.32. The van der Waals surface area contributed by atoms with E-state index < -0.39 is 0 Å². The number of rotatable bonds is 3. The van der Waals surface area contributed by atoms with Crippen LogP contribution in [0.1, 0.15) is 71.6 Å². The van der Waals surface area contributed by atoms with Gasteiger partial charge in [-0.25, -0.2) is 0 Å². The zero-order valence-electron chi connectivity index (χ0n) is 14.1. The monoisotopic (exact) mass is 294 g/mol. The summed E-state index contributed by atoms with van der Waals surface area (Å²) >= 11 is 0. The van der Waals surface area contributed by atoms with Crippen LogP contribution in [-0.2, 0) is 4.74 Å². The highest BCUT2D eigenvalue weighted by Crippen LogP contribution is 2.52. The third-order valence-electron chi connectivity index (χ3n) is 6.83. The van der Waals surface area contributed by atoms with E-state index in [1.54, 1.807) is 0 Å². The van der Waals surface area contributed by atoms with E-state index in [0.29, 0.717) is 17.6 Å². The molecule has 0 aromatic heterocycles. The van der Waals surface area contributed by atoms with Crippen molar-refractivity contribution in [3.63, 3.8) is 0 Å². The lowest BCUT2D eigenvalue weighted by molar-refractivity contribution is -0.115. The van der Waals surface area contributed by atoms with Gasteiger partial charge < -0.3 is 10.5 Å². The Morgan fingerprint density at radius 1 is 1.10 bits per heavy atom. The van der Waals surface area contributed by atoms with Crippen LogP contribution in [0.5, 0.6) is 0 Å². The molecule has 3 rings (SSSR count). The minimum atomic E-state index is 0.257. The molecule has 21 heavy (non-hydrogen) atoms. The summed E-state index contributed by atoms with van der Waals surface area (Å²) in [4.78, 5) is 2.75. The highest BCUT2D eigenvalue weighted by molar-refractivity contribution is 5.03. The standard InChI is InChI=1S/C18H34N2O/c1-3-16-13-21-15(2)12-20(16)18(14-19)10-8-17(9-11-18)6-4-5-7-17/h15-16H,3-14,19H2,1-2H3. The molecule has 3 heteroatoms. The average Bonchev–Trinajstić information content (AvgIpc) is 2.97. The summed E-state index contributed by atoms with van der Waals surface area (Å²) in [6.07, 6.45) is 12.9. The largest absolute Gasteiger partial charge is 0.376 e. The molecular formula is C18H34N2O. The van der Waals surface area contributed by atoms with Crippen LogP contribution in [0.4, 0.5) is 0 Å². The van der Waals surface area contributed by atoms with Crippen LogP contribution in [0.25, 0.3) is 0 Å². The van der Waals surface area contributed by atoms with Gasteiger partial charge in [0, 0.05) is 24.7 Å². The van der Waals surface area contributed by atoms with Crippen molar-refractivity contribution in [2.75, 3.05) is 19.7 Å².